The molecule has 9 heteroatoms. The number of rotatable bonds is 4. The van der Waals surface area contributed by atoms with Crippen molar-refractivity contribution in [1.29, 1.82) is 5.26 Å². The molecule has 0 aliphatic carbocycles. The Bertz CT molecular complexity index is 409. The van der Waals surface area contributed by atoms with Crippen molar-refractivity contribution in [2.45, 2.75) is 41.6 Å². The molecule has 4 nitrogen and oxygen atoms in total. The van der Waals surface area contributed by atoms with Crippen LogP contribution in [0.2, 0.25) is 0 Å². The van der Waals surface area contributed by atoms with Crippen LogP contribution < -0.4 is 0 Å². The van der Waals surface area contributed by atoms with Gasteiger partial charge in [0.1, 0.15) is 5.54 Å². The molecule has 0 aromatic rings. The van der Waals surface area contributed by atoms with E-state index in [0.29, 0.717) is 11.9 Å². The molecule has 100 valence electrons. The summed E-state index contributed by atoms with van der Waals surface area (Å²) < 4.78 is 23.2. The first-order valence-corrected chi connectivity index (χ1v) is 7.97. The van der Waals surface area contributed by atoms with E-state index in [1.54, 1.807) is 0 Å². The van der Waals surface area contributed by atoms with Gasteiger partial charge in [-0.05, 0) is 39.6 Å². The largest absolute Gasteiger partial charge is 0.252 e. The van der Waals surface area contributed by atoms with E-state index in [2.05, 4.69) is 0 Å². The summed E-state index contributed by atoms with van der Waals surface area (Å²) in [5, 5.41) is 8.29. The van der Waals surface area contributed by atoms with Crippen molar-refractivity contribution in [3.63, 3.8) is 0 Å². The van der Waals surface area contributed by atoms with E-state index in [0.717, 1.165) is 3.71 Å². The van der Waals surface area contributed by atoms with Crippen molar-refractivity contribution in [3.05, 3.63) is 0 Å². The maximum Gasteiger partial charge on any atom is 0.252 e. The second-order valence-electron chi connectivity index (χ2n) is 4.03. The molecule has 0 rings (SSSR count). The molecule has 0 radical (unpaired) electrons. The van der Waals surface area contributed by atoms with Gasteiger partial charge in [-0.3, -0.25) is 0 Å². The smallest absolute Gasteiger partial charge is 0.211 e. The fraction of sp³-hybridized carbons (Fsp3) is 0.875. The lowest BCUT2D eigenvalue weighted by atomic mass is 10.1. The van der Waals surface area contributed by atoms with Crippen LogP contribution in [0.25, 0.3) is 0 Å². The van der Waals surface area contributed by atoms with Gasteiger partial charge in [-0.2, -0.15) is 5.26 Å². The molecule has 0 bridgehead atoms. The molecule has 0 N–H and O–H groups in total. The molecule has 0 amide bonds. The molecule has 0 atom stereocenters. The van der Waals surface area contributed by atoms with Crippen molar-refractivity contribution in [2.75, 3.05) is 0 Å². The Hall–Kier alpha value is 0.620. The van der Waals surface area contributed by atoms with Gasteiger partial charge < -0.3 is 0 Å². The zero-order valence-electron chi connectivity index (χ0n) is 9.74. The second kappa shape index (κ2) is 5.72. The fourth-order valence-electron chi connectivity index (χ4n) is 0.810. The van der Waals surface area contributed by atoms with E-state index in [1.807, 2.05) is 6.07 Å². The molecule has 0 unspecified atom stereocenters. The van der Waals surface area contributed by atoms with Gasteiger partial charge in [0, 0.05) is 0 Å². The van der Waals surface area contributed by atoms with Crippen molar-refractivity contribution >= 4 is 56.8 Å². The average molecular weight is 340 g/mol. The third-order valence-corrected chi connectivity index (χ3v) is 6.15. The molecule has 0 fully saturated rings. The molecule has 0 aromatic carbocycles. The van der Waals surface area contributed by atoms with Crippen molar-refractivity contribution < 1.29 is 8.42 Å². The number of sulfonamides is 1. The fourth-order valence-corrected chi connectivity index (χ4v) is 4.58. The van der Waals surface area contributed by atoms with Crippen LogP contribution in [0.1, 0.15) is 27.7 Å². The number of halogens is 3. The summed E-state index contributed by atoms with van der Waals surface area (Å²) in [6, 6.07) is 1.87. The zero-order valence-corrected chi connectivity index (χ0v) is 13.6. The van der Waals surface area contributed by atoms with E-state index < -0.39 is 23.9 Å². The summed E-state index contributed by atoms with van der Waals surface area (Å²) >= 11 is 17.2. The molecule has 0 saturated carbocycles. The van der Waals surface area contributed by atoms with Crippen LogP contribution in [-0.2, 0) is 10.0 Å². The first kappa shape index (κ1) is 17.6. The summed E-state index contributed by atoms with van der Waals surface area (Å²) in [5.74, 6) is 0. The summed E-state index contributed by atoms with van der Waals surface area (Å²) in [7, 11) is -3.72. The summed E-state index contributed by atoms with van der Waals surface area (Å²) in [4.78, 5) is 0. The summed E-state index contributed by atoms with van der Waals surface area (Å²) in [6.07, 6.45) is 0. The summed E-state index contributed by atoms with van der Waals surface area (Å²) in [5.41, 5.74) is -1.31. The maximum absolute atomic E-state index is 12.1. The lowest BCUT2D eigenvalue weighted by Gasteiger charge is -2.33. The highest BCUT2D eigenvalue weighted by Crippen LogP contribution is 2.45. The van der Waals surface area contributed by atoms with Gasteiger partial charge >= 0.3 is 0 Å². The van der Waals surface area contributed by atoms with Gasteiger partial charge in [0.15, 0.2) is 0 Å². The predicted octanol–water partition coefficient (Wildman–Crippen LogP) is 3.30. The average Bonchev–Trinajstić information content (AvgIpc) is 2.12. The van der Waals surface area contributed by atoms with Crippen LogP contribution in [0, 0.1) is 11.3 Å². The van der Waals surface area contributed by atoms with Gasteiger partial charge in [-0.15, -0.1) is 3.71 Å². The van der Waals surface area contributed by atoms with Crippen LogP contribution in [-0.4, -0.2) is 26.0 Å². The lowest BCUT2D eigenvalue weighted by Crippen LogP contribution is -2.46. The van der Waals surface area contributed by atoms with Gasteiger partial charge in [0.2, 0.25) is 10.0 Å². The highest BCUT2D eigenvalue weighted by atomic mass is 35.6. The van der Waals surface area contributed by atoms with Gasteiger partial charge in [0.05, 0.1) is 11.3 Å². The van der Waals surface area contributed by atoms with Crippen LogP contribution in [0.15, 0.2) is 0 Å². The highest BCUT2D eigenvalue weighted by molar-refractivity contribution is 8.12. The number of alkyl halides is 3. The molecule has 0 aromatic heterocycles. The van der Waals surface area contributed by atoms with Crippen molar-refractivity contribution in [3.8, 4) is 6.07 Å². The SMILES string of the molecule is CC(C)S(=O)(=O)N(SC(Cl)(Cl)Cl)C(C)(C)C#N. The van der Waals surface area contributed by atoms with E-state index >= 15 is 0 Å². The van der Waals surface area contributed by atoms with E-state index in [1.165, 1.54) is 27.7 Å². The van der Waals surface area contributed by atoms with Gasteiger partial charge in [0.25, 0.3) is 3.12 Å². The Morgan fingerprint density at radius 3 is 1.94 bits per heavy atom. The Morgan fingerprint density at radius 2 is 1.71 bits per heavy atom. The molecule has 17 heavy (non-hydrogen) atoms. The normalized spacial score (nSPS) is 14.1. The zero-order chi connectivity index (χ0) is 14.1. The minimum atomic E-state index is -3.72. The van der Waals surface area contributed by atoms with E-state index in [4.69, 9.17) is 40.1 Å². The molecule has 0 heterocycles. The first-order chi connectivity index (χ1) is 7.34. The van der Waals surface area contributed by atoms with Crippen LogP contribution in [0.4, 0.5) is 0 Å². The lowest BCUT2D eigenvalue weighted by molar-refractivity contribution is 0.426. The molecule has 0 spiro atoms. The molecule has 0 saturated heterocycles. The Balaban J connectivity index is 5.54. The maximum atomic E-state index is 12.1. The Kier molecular flexibility index (Phi) is 5.93. The Morgan fingerprint density at radius 1 is 1.29 bits per heavy atom. The second-order valence-corrected chi connectivity index (χ2v) is 10.7. The molecular formula is C8H13Cl3N2O2S2. The minimum absolute atomic E-state index is 0.488. The quantitative estimate of drug-likeness (QED) is 0.582. The number of nitriles is 1. The van der Waals surface area contributed by atoms with Crippen LogP contribution in [0.3, 0.4) is 0 Å². The van der Waals surface area contributed by atoms with Gasteiger partial charge in [-0.1, -0.05) is 34.8 Å². The third-order valence-electron chi connectivity index (χ3n) is 1.74. The van der Waals surface area contributed by atoms with Crippen molar-refractivity contribution in [2.24, 2.45) is 0 Å². The standard InChI is InChI=1S/C8H13Cl3N2O2S2/c1-6(2)17(14,15)13(7(3,4)5-12)16-8(9,10)11/h6H,1-4H3. The monoisotopic (exact) mass is 338 g/mol. The van der Waals surface area contributed by atoms with E-state index in [9.17, 15) is 8.42 Å². The number of nitrogens with zero attached hydrogens (tertiary/aromatic N) is 2. The van der Waals surface area contributed by atoms with Crippen LogP contribution >= 0.6 is 46.8 Å². The Labute approximate surface area is 121 Å². The summed E-state index contributed by atoms with van der Waals surface area (Å²) in [6.45, 7) is 5.87. The number of hydrogen-bond donors (Lipinski definition) is 0. The molecular weight excluding hydrogens is 327 g/mol. The van der Waals surface area contributed by atoms with Crippen LogP contribution in [0.5, 0.6) is 0 Å². The highest BCUT2D eigenvalue weighted by Gasteiger charge is 2.43. The van der Waals surface area contributed by atoms with E-state index in [-0.39, 0.29) is 0 Å². The molecule has 0 aliphatic rings. The van der Waals surface area contributed by atoms with Gasteiger partial charge in [-0.25, -0.2) is 8.42 Å². The van der Waals surface area contributed by atoms with Crippen molar-refractivity contribution in [1.82, 2.24) is 3.71 Å². The topological polar surface area (TPSA) is 61.2 Å². The third kappa shape index (κ3) is 5.01. The predicted molar refractivity (Wildman–Crippen MR) is 73.5 cm³/mol. The minimum Gasteiger partial charge on any atom is -0.211 e. The number of hydrogen-bond acceptors (Lipinski definition) is 4. The molecule has 0 aliphatic heterocycles. The first-order valence-electron chi connectivity index (χ1n) is 4.56.